The number of imidazole rings is 1. The van der Waals surface area contributed by atoms with Gasteiger partial charge >= 0.3 is 0 Å². The fourth-order valence-corrected chi connectivity index (χ4v) is 2.21. The number of hydrogen-bond donors (Lipinski definition) is 1. The first-order valence-electron chi connectivity index (χ1n) is 5.80. The maximum Gasteiger partial charge on any atom is 0.141 e. The fraction of sp³-hybridized carbons (Fsp3) is 0.143. The third kappa shape index (κ3) is 1.54. The predicted octanol–water partition coefficient (Wildman–Crippen LogP) is 2.53. The van der Waals surface area contributed by atoms with E-state index in [4.69, 9.17) is 5.73 Å². The van der Waals surface area contributed by atoms with Gasteiger partial charge in [-0.1, -0.05) is 0 Å². The Morgan fingerprint density at radius 2 is 2.06 bits per heavy atom. The van der Waals surface area contributed by atoms with Crippen LogP contribution in [-0.4, -0.2) is 14.5 Å². The van der Waals surface area contributed by atoms with E-state index in [1.165, 1.54) is 0 Å². The Morgan fingerprint density at radius 3 is 2.78 bits per heavy atom. The number of rotatable bonds is 1. The Labute approximate surface area is 105 Å². The molecule has 0 radical (unpaired) electrons. The summed E-state index contributed by atoms with van der Waals surface area (Å²) in [4.78, 5) is 8.79. The third-order valence-electron chi connectivity index (χ3n) is 3.17. The largest absolute Gasteiger partial charge is 0.399 e. The van der Waals surface area contributed by atoms with Gasteiger partial charge in [0.25, 0.3) is 0 Å². The standard InChI is InChI=1S/C14H14N4/c1-9-7-10(15)3-4-11(9)14-17-12-5-6-16-8-13(12)18(14)2/h3-8H,15H2,1-2H3. The number of anilines is 1. The third-order valence-corrected chi connectivity index (χ3v) is 3.17. The molecular weight excluding hydrogens is 224 g/mol. The molecule has 0 aliphatic rings. The van der Waals surface area contributed by atoms with E-state index in [9.17, 15) is 0 Å². The summed E-state index contributed by atoms with van der Waals surface area (Å²) >= 11 is 0. The van der Waals surface area contributed by atoms with Crippen LogP contribution >= 0.6 is 0 Å². The second kappa shape index (κ2) is 3.84. The van der Waals surface area contributed by atoms with E-state index in [-0.39, 0.29) is 0 Å². The van der Waals surface area contributed by atoms with Gasteiger partial charge in [0.05, 0.1) is 17.2 Å². The molecule has 2 aromatic heterocycles. The van der Waals surface area contributed by atoms with Gasteiger partial charge in [0, 0.05) is 24.5 Å². The molecule has 0 aliphatic heterocycles. The Kier molecular flexibility index (Phi) is 2.30. The number of fused-ring (bicyclic) bond motifs is 1. The van der Waals surface area contributed by atoms with Crippen LogP contribution in [0.25, 0.3) is 22.4 Å². The number of nitrogens with two attached hydrogens (primary N) is 1. The number of hydrogen-bond acceptors (Lipinski definition) is 3. The van der Waals surface area contributed by atoms with E-state index in [1.807, 2.05) is 44.4 Å². The van der Waals surface area contributed by atoms with E-state index in [1.54, 1.807) is 6.20 Å². The topological polar surface area (TPSA) is 56.7 Å². The molecule has 0 unspecified atom stereocenters. The van der Waals surface area contributed by atoms with Crippen LogP contribution in [0, 0.1) is 6.92 Å². The van der Waals surface area contributed by atoms with Crippen molar-refractivity contribution in [2.24, 2.45) is 7.05 Å². The van der Waals surface area contributed by atoms with Crippen LogP contribution in [0.1, 0.15) is 5.56 Å². The molecule has 2 heterocycles. The van der Waals surface area contributed by atoms with Crippen LogP contribution in [0.5, 0.6) is 0 Å². The van der Waals surface area contributed by atoms with Crippen molar-refractivity contribution in [3.63, 3.8) is 0 Å². The summed E-state index contributed by atoms with van der Waals surface area (Å²) in [7, 11) is 2.00. The molecule has 3 aromatic rings. The first-order valence-corrected chi connectivity index (χ1v) is 5.80. The molecule has 0 saturated heterocycles. The summed E-state index contributed by atoms with van der Waals surface area (Å²) in [6, 6.07) is 7.80. The van der Waals surface area contributed by atoms with Gasteiger partial charge in [0.1, 0.15) is 5.82 Å². The van der Waals surface area contributed by atoms with Crippen LogP contribution in [0.15, 0.2) is 36.7 Å². The highest BCUT2D eigenvalue weighted by Gasteiger charge is 2.11. The highest BCUT2D eigenvalue weighted by molar-refractivity contribution is 5.80. The maximum atomic E-state index is 5.78. The van der Waals surface area contributed by atoms with E-state index in [0.29, 0.717) is 0 Å². The van der Waals surface area contributed by atoms with Crippen molar-refractivity contribution >= 4 is 16.7 Å². The van der Waals surface area contributed by atoms with Crippen molar-refractivity contribution in [3.8, 4) is 11.4 Å². The van der Waals surface area contributed by atoms with Crippen molar-refractivity contribution in [1.82, 2.24) is 14.5 Å². The quantitative estimate of drug-likeness (QED) is 0.663. The van der Waals surface area contributed by atoms with Crippen LogP contribution in [0.4, 0.5) is 5.69 Å². The van der Waals surface area contributed by atoms with E-state index in [0.717, 1.165) is 33.7 Å². The van der Waals surface area contributed by atoms with Gasteiger partial charge in [-0.3, -0.25) is 4.98 Å². The minimum absolute atomic E-state index is 0.775. The molecule has 3 rings (SSSR count). The lowest BCUT2D eigenvalue weighted by Gasteiger charge is -2.06. The van der Waals surface area contributed by atoms with Crippen molar-refractivity contribution < 1.29 is 0 Å². The average Bonchev–Trinajstić information content (AvgIpc) is 2.68. The van der Waals surface area contributed by atoms with Gasteiger partial charge in [-0.2, -0.15) is 0 Å². The molecule has 0 amide bonds. The minimum atomic E-state index is 0.775. The smallest absolute Gasteiger partial charge is 0.141 e. The first kappa shape index (κ1) is 10.8. The normalized spacial score (nSPS) is 11.0. The SMILES string of the molecule is Cc1cc(N)ccc1-c1nc2ccncc2n1C. The van der Waals surface area contributed by atoms with Crippen molar-refractivity contribution in [1.29, 1.82) is 0 Å². The molecule has 0 saturated carbocycles. The summed E-state index contributed by atoms with van der Waals surface area (Å²) < 4.78 is 2.06. The molecule has 1 aromatic carbocycles. The first-order chi connectivity index (χ1) is 8.66. The maximum absolute atomic E-state index is 5.78. The zero-order valence-electron chi connectivity index (χ0n) is 10.4. The monoisotopic (exact) mass is 238 g/mol. The molecule has 0 spiro atoms. The molecule has 0 fully saturated rings. The molecule has 4 heteroatoms. The van der Waals surface area contributed by atoms with E-state index in [2.05, 4.69) is 14.5 Å². The molecular formula is C14H14N4. The molecule has 0 aliphatic carbocycles. The fourth-order valence-electron chi connectivity index (χ4n) is 2.21. The van der Waals surface area contributed by atoms with Crippen molar-refractivity contribution in [3.05, 3.63) is 42.2 Å². The average molecular weight is 238 g/mol. The van der Waals surface area contributed by atoms with Crippen LogP contribution in [0.3, 0.4) is 0 Å². The summed E-state index contributed by atoms with van der Waals surface area (Å²) in [5, 5.41) is 0. The Bertz CT molecular complexity index is 728. The van der Waals surface area contributed by atoms with Crippen LogP contribution in [-0.2, 0) is 7.05 Å². The minimum Gasteiger partial charge on any atom is -0.399 e. The molecule has 18 heavy (non-hydrogen) atoms. The van der Waals surface area contributed by atoms with Gasteiger partial charge in [-0.05, 0) is 36.8 Å². The Balaban J connectivity index is 2.28. The zero-order chi connectivity index (χ0) is 12.7. The predicted molar refractivity (Wildman–Crippen MR) is 73.1 cm³/mol. The summed E-state index contributed by atoms with van der Waals surface area (Å²) in [6.07, 6.45) is 3.59. The van der Waals surface area contributed by atoms with Gasteiger partial charge in [-0.25, -0.2) is 4.98 Å². The molecule has 0 bridgehead atoms. The highest BCUT2D eigenvalue weighted by atomic mass is 15.1. The lowest BCUT2D eigenvalue weighted by atomic mass is 10.1. The number of benzene rings is 1. The number of aryl methyl sites for hydroxylation is 2. The lowest BCUT2D eigenvalue weighted by Crippen LogP contribution is -1.95. The Morgan fingerprint density at radius 1 is 1.22 bits per heavy atom. The molecule has 4 nitrogen and oxygen atoms in total. The highest BCUT2D eigenvalue weighted by Crippen LogP contribution is 2.26. The number of nitrogens with zero attached hydrogens (tertiary/aromatic N) is 3. The van der Waals surface area contributed by atoms with E-state index >= 15 is 0 Å². The number of pyridine rings is 1. The van der Waals surface area contributed by atoms with Gasteiger partial charge in [0.15, 0.2) is 0 Å². The summed E-state index contributed by atoms with van der Waals surface area (Å²) in [6.45, 7) is 2.04. The zero-order valence-corrected chi connectivity index (χ0v) is 10.4. The second-order valence-corrected chi connectivity index (χ2v) is 4.43. The number of nitrogen functional groups attached to an aromatic ring is 1. The van der Waals surface area contributed by atoms with Crippen LogP contribution < -0.4 is 5.73 Å². The van der Waals surface area contributed by atoms with Crippen molar-refractivity contribution in [2.75, 3.05) is 5.73 Å². The Hall–Kier alpha value is -2.36. The second-order valence-electron chi connectivity index (χ2n) is 4.43. The molecule has 0 atom stereocenters. The van der Waals surface area contributed by atoms with Gasteiger partial charge < -0.3 is 10.3 Å². The van der Waals surface area contributed by atoms with Gasteiger partial charge in [-0.15, -0.1) is 0 Å². The lowest BCUT2D eigenvalue weighted by molar-refractivity contribution is 0.954. The summed E-state index contributed by atoms with van der Waals surface area (Å²) in [5.74, 6) is 0.940. The van der Waals surface area contributed by atoms with Gasteiger partial charge in [0.2, 0.25) is 0 Å². The summed E-state index contributed by atoms with van der Waals surface area (Å²) in [5.41, 5.74) is 10.8. The van der Waals surface area contributed by atoms with Crippen molar-refractivity contribution in [2.45, 2.75) is 6.92 Å². The molecule has 2 N–H and O–H groups in total. The van der Waals surface area contributed by atoms with E-state index < -0.39 is 0 Å². The molecule has 90 valence electrons. The van der Waals surface area contributed by atoms with Crippen LogP contribution in [0.2, 0.25) is 0 Å². The number of aromatic nitrogens is 3.